The van der Waals surface area contributed by atoms with Crippen molar-refractivity contribution in [1.82, 2.24) is 10.1 Å². The van der Waals surface area contributed by atoms with Crippen molar-refractivity contribution in [2.45, 2.75) is 6.18 Å². The van der Waals surface area contributed by atoms with Crippen LogP contribution in [-0.4, -0.2) is 15.3 Å². The second kappa shape index (κ2) is 5.59. The Morgan fingerprint density at radius 1 is 1.17 bits per heavy atom. The summed E-state index contributed by atoms with van der Waals surface area (Å²) < 4.78 is 43.8. The standard InChI is InChI=1S/C14H10F3N4O2/c15-14(16,17)10-4-1-5-11(7-10)18-13-19-12(20-23-13)9-3-2-6-21(22)8-9/h1-8,22H,(H,18,19,20)/q+1. The molecule has 0 aliphatic heterocycles. The number of pyridine rings is 1. The molecule has 2 heterocycles. The molecule has 2 N–H and O–H groups in total. The Balaban J connectivity index is 1.82. The van der Waals surface area contributed by atoms with Crippen molar-refractivity contribution in [3.63, 3.8) is 0 Å². The average Bonchev–Trinajstić information content (AvgIpc) is 2.95. The van der Waals surface area contributed by atoms with E-state index in [0.29, 0.717) is 5.56 Å². The third kappa shape index (κ3) is 3.39. The Morgan fingerprint density at radius 2 is 2.00 bits per heavy atom. The van der Waals surface area contributed by atoms with Crippen LogP contribution in [0.3, 0.4) is 0 Å². The van der Waals surface area contributed by atoms with E-state index in [1.165, 1.54) is 24.5 Å². The summed E-state index contributed by atoms with van der Waals surface area (Å²) in [5, 5.41) is 15.6. The Kier molecular flexibility index (Phi) is 3.61. The van der Waals surface area contributed by atoms with Gasteiger partial charge in [0.15, 0.2) is 0 Å². The predicted octanol–water partition coefficient (Wildman–Crippen LogP) is 3.02. The number of aromatic nitrogens is 3. The van der Waals surface area contributed by atoms with Crippen molar-refractivity contribution in [3.05, 3.63) is 54.4 Å². The van der Waals surface area contributed by atoms with Crippen LogP contribution >= 0.6 is 0 Å². The number of hydrogen-bond acceptors (Lipinski definition) is 5. The highest BCUT2D eigenvalue weighted by molar-refractivity contribution is 5.57. The van der Waals surface area contributed by atoms with Crippen LogP contribution in [0.2, 0.25) is 0 Å². The molecule has 0 bridgehead atoms. The van der Waals surface area contributed by atoms with E-state index >= 15 is 0 Å². The molecule has 0 saturated carbocycles. The summed E-state index contributed by atoms with van der Waals surface area (Å²) in [7, 11) is 0. The second-order valence-corrected chi connectivity index (χ2v) is 4.60. The van der Waals surface area contributed by atoms with E-state index < -0.39 is 11.7 Å². The molecule has 0 unspecified atom stereocenters. The molecule has 3 aromatic rings. The lowest BCUT2D eigenvalue weighted by molar-refractivity contribution is -0.904. The van der Waals surface area contributed by atoms with Crippen LogP contribution in [0.5, 0.6) is 0 Å². The van der Waals surface area contributed by atoms with E-state index in [9.17, 15) is 18.4 Å². The molecule has 0 aliphatic rings. The number of alkyl halides is 3. The largest absolute Gasteiger partial charge is 0.416 e. The van der Waals surface area contributed by atoms with Crippen molar-refractivity contribution in [3.8, 4) is 11.4 Å². The molecule has 0 atom stereocenters. The highest BCUT2D eigenvalue weighted by Crippen LogP contribution is 2.31. The normalized spacial score (nSPS) is 11.4. The summed E-state index contributed by atoms with van der Waals surface area (Å²) in [5.41, 5.74) is -0.136. The molecular weight excluding hydrogens is 313 g/mol. The minimum Gasteiger partial charge on any atom is -0.315 e. The smallest absolute Gasteiger partial charge is 0.315 e. The molecule has 9 heteroatoms. The van der Waals surface area contributed by atoms with Crippen LogP contribution in [0, 0.1) is 0 Å². The van der Waals surface area contributed by atoms with Crippen LogP contribution in [0.15, 0.2) is 53.3 Å². The number of hydrogen-bond donors (Lipinski definition) is 2. The first-order valence-corrected chi connectivity index (χ1v) is 6.41. The van der Waals surface area contributed by atoms with E-state index in [0.717, 1.165) is 16.9 Å². The molecule has 0 saturated heterocycles. The van der Waals surface area contributed by atoms with Gasteiger partial charge in [0.25, 0.3) is 0 Å². The fourth-order valence-corrected chi connectivity index (χ4v) is 1.88. The van der Waals surface area contributed by atoms with Gasteiger partial charge in [-0.05, 0) is 24.3 Å². The molecule has 0 fully saturated rings. The van der Waals surface area contributed by atoms with Crippen LogP contribution in [0.4, 0.5) is 24.9 Å². The maximum absolute atomic E-state index is 12.7. The summed E-state index contributed by atoms with van der Waals surface area (Å²) in [6.45, 7) is 0. The molecule has 6 nitrogen and oxygen atoms in total. The number of nitrogens with one attached hydrogen (secondary N) is 1. The average molecular weight is 323 g/mol. The van der Waals surface area contributed by atoms with Crippen LogP contribution in [-0.2, 0) is 6.18 Å². The van der Waals surface area contributed by atoms with Gasteiger partial charge >= 0.3 is 12.2 Å². The fraction of sp³-hybridized carbons (Fsp3) is 0.0714. The van der Waals surface area contributed by atoms with Gasteiger partial charge in [0, 0.05) is 16.5 Å². The monoisotopic (exact) mass is 323 g/mol. The summed E-state index contributed by atoms with van der Waals surface area (Å²) in [5.74, 6) is 0.183. The van der Waals surface area contributed by atoms with Gasteiger partial charge in [0.2, 0.25) is 18.2 Å². The van der Waals surface area contributed by atoms with E-state index in [1.54, 1.807) is 12.1 Å². The lowest BCUT2D eigenvalue weighted by atomic mass is 10.2. The fourth-order valence-electron chi connectivity index (χ4n) is 1.88. The molecule has 0 radical (unpaired) electrons. The van der Waals surface area contributed by atoms with E-state index in [2.05, 4.69) is 15.5 Å². The minimum atomic E-state index is -4.43. The van der Waals surface area contributed by atoms with Gasteiger partial charge in [-0.15, -0.1) is 0 Å². The minimum absolute atomic E-state index is 0.0623. The van der Waals surface area contributed by atoms with Gasteiger partial charge < -0.3 is 9.84 Å². The molecular formula is C14H10F3N4O2+. The SMILES string of the molecule is O[n+]1cccc(-c2noc(Nc3cccc(C(F)(F)F)c3)n2)c1. The zero-order valence-electron chi connectivity index (χ0n) is 11.4. The zero-order valence-corrected chi connectivity index (χ0v) is 11.4. The van der Waals surface area contributed by atoms with Gasteiger partial charge in [0.05, 0.1) is 11.1 Å². The molecule has 0 spiro atoms. The van der Waals surface area contributed by atoms with Crippen molar-refractivity contribution in [2.75, 3.05) is 5.32 Å². The maximum Gasteiger partial charge on any atom is 0.416 e. The molecule has 0 amide bonds. The maximum atomic E-state index is 12.7. The highest BCUT2D eigenvalue weighted by atomic mass is 19.4. The van der Waals surface area contributed by atoms with Crippen molar-refractivity contribution < 1.29 is 27.6 Å². The summed E-state index contributed by atoms with van der Waals surface area (Å²) in [4.78, 5) is 4.01. The molecule has 0 aliphatic carbocycles. The van der Waals surface area contributed by atoms with Crippen molar-refractivity contribution in [2.24, 2.45) is 0 Å². The number of rotatable bonds is 3. The Morgan fingerprint density at radius 3 is 2.74 bits per heavy atom. The summed E-state index contributed by atoms with van der Waals surface area (Å²) >= 11 is 0. The number of halogens is 3. The van der Waals surface area contributed by atoms with Gasteiger partial charge in [0.1, 0.15) is 0 Å². The van der Waals surface area contributed by atoms with E-state index in [1.807, 2.05) is 0 Å². The molecule has 2 aromatic heterocycles. The molecule has 1 aromatic carbocycles. The van der Waals surface area contributed by atoms with Gasteiger partial charge in [-0.25, -0.2) is 0 Å². The third-order valence-corrected chi connectivity index (χ3v) is 2.91. The van der Waals surface area contributed by atoms with Gasteiger partial charge in [-0.2, -0.15) is 18.2 Å². The zero-order chi connectivity index (χ0) is 16.4. The third-order valence-electron chi connectivity index (χ3n) is 2.91. The van der Waals surface area contributed by atoms with Crippen LogP contribution in [0.1, 0.15) is 5.56 Å². The lowest BCUT2D eigenvalue weighted by Gasteiger charge is -2.08. The van der Waals surface area contributed by atoms with Crippen LogP contribution < -0.4 is 10.0 Å². The number of benzene rings is 1. The van der Waals surface area contributed by atoms with Crippen LogP contribution in [0.25, 0.3) is 11.4 Å². The number of nitrogens with zero attached hydrogens (tertiary/aromatic N) is 3. The molecule has 118 valence electrons. The first-order valence-electron chi connectivity index (χ1n) is 6.41. The van der Waals surface area contributed by atoms with Crippen molar-refractivity contribution >= 4 is 11.7 Å². The first kappa shape index (κ1) is 14.8. The topological polar surface area (TPSA) is 75.1 Å². The predicted molar refractivity (Wildman–Crippen MR) is 71.8 cm³/mol. The quantitative estimate of drug-likeness (QED) is 0.572. The lowest BCUT2D eigenvalue weighted by Crippen LogP contribution is -2.28. The van der Waals surface area contributed by atoms with Gasteiger partial charge in [-0.3, -0.25) is 5.21 Å². The van der Waals surface area contributed by atoms with E-state index in [4.69, 9.17) is 4.52 Å². The molecule has 3 rings (SSSR count). The highest BCUT2D eigenvalue weighted by Gasteiger charge is 2.30. The number of anilines is 2. The first-order chi connectivity index (χ1) is 10.9. The molecule has 23 heavy (non-hydrogen) atoms. The Hall–Kier alpha value is -3.10. The van der Waals surface area contributed by atoms with Gasteiger partial charge in [-0.1, -0.05) is 11.2 Å². The summed E-state index contributed by atoms with van der Waals surface area (Å²) in [6, 6.07) is 7.78. The van der Waals surface area contributed by atoms with Crippen molar-refractivity contribution in [1.29, 1.82) is 0 Å². The Bertz CT molecular complexity index is 833. The van der Waals surface area contributed by atoms with E-state index in [-0.39, 0.29) is 17.5 Å². The summed E-state index contributed by atoms with van der Waals surface area (Å²) in [6.07, 6.45) is -1.67. The second-order valence-electron chi connectivity index (χ2n) is 4.60. The Labute approximate surface area is 127 Å².